The molecule has 54 heavy (non-hydrogen) atoms. The van der Waals surface area contributed by atoms with Crippen molar-refractivity contribution in [2.75, 3.05) is 19.6 Å². The minimum absolute atomic E-state index is 0.0278. The largest absolute Gasteiger partial charge is 0.481 e. The molecule has 5 amide bonds. The lowest BCUT2D eigenvalue weighted by Gasteiger charge is -2.22. The Morgan fingerprint density at radius 1 is 1.04 bits per heavy atom. The van der Waals surface area contributed by atoms with Crippen molar-refractivity contribution in [3.05, 3.63) is 70.9 Å². The molecule has 3 aromatic rings. The minimum Gasteiger partial charge on any atom is -0.481 e. The average Bonchev–Trinajstić information content (AvgIpc) is 3.94. The van der Waals surface area contributed by atoms with Gasteiger partial charge in [-0.15, -0.1) is 5.10 Å². The zero-order chi connectivity index (χ0) is 38.6. The number of carbonyl (C=O) groups is 6. The number of nitrogens with zero attached hydrogens (tertiary/aromatic N) is 6. The van der Waals surface area contributed by atoms with Crippen molar-refractivity contribution in [2.24, 2.45) is 5.92 Å². The van der Waals surface area contributed by atoms with Crippen LogP contribution in [0.25, 0.3) is 11.3 Å². The van der Waals surface area contributed by atoms with E-state index >= 15 is 0 Å². The second kappa shape index (κ2) is 15.8. The lowest BCUT2D eigenvalue weighted by atomic mass is 9.99. The van der Waals surface area contributed by atoms with Crippen LogP contribution in [0.15, 0.2) is 48.7 Å². The molecule has 282 valence electrons. The van der Waals surface area contributed by atoms with E-state index in [9.17, 15) is 42.8 Å². The van der Waals surface area contributed by atoms with Crippen LogP contribution in [0.3, 0.4) is 0 Å². The predicted octanol–water partition coefficient (Wildman–Crippen LogP) is 1.20. The van der Waals surface area contributed by atoms with E-state index in [1.54, 1.807) is 46.1 Å². The lowest BCUT2D eigenvalue weighted by molar-refractivity contribution is -0.138. The van der Waals surface area contributed by atoms with E-state index in [-0.39, 0.29) is 50.6 Å². The molecule has 0 spiro atoms. The van der Waals surface area contributed by atoms with Crippen LogP contribution in [-0.4, -0.2) is 103 Å². The maximum Gasteiger partial charge on any atom is 0.303 e. The van der Waals surface area contributed by atoms with Gasteiger partial charge in [0.2, 0.25) is 23.6 Å². The Labute approximate surface area is 307 Å². The van der Waals surface area contributed by atoms with E-state index in [2.05, 4.69) is 26.3 Å². The Kier molecular flexibility index (Phi) is 11.0. The average molecular weight is 746 g/mol. The highest BCUT2D eigenvalue weighted by Crippen LogP contribution is 2.34. The van der Waals surface area contributed by atoms with Crippen molar-refractivity contribution in [2.45, 2.75) is 69.7 Å². The molecule has 0 radical (unpaired) electrons. The fourth-order valence-electron chi connectivity index (χ4n) is 6.86. The van der Waals surface area contributed by atoms with Crippen molar-refractivity contribution in [3.8, 4) is 17.3 Å². The van der Waals surface area contributed by atoms with Gasteiger partial charge in [-0.1, -0.05) is 35.5 Å². The summed E-state index contributed by atoms with van der Waals surface area (Å²) in [5.74, 6) is -7.34. The van der Waals surface area contributed by atoms with Crippen molar-refractivity contribution in [3.63, 3.8) is 0 Å². The van der Waals surface area contributed by atoms with Crippen molar-refractivity contribution in [1.82, 2.24) is 40.7 Å². The number of benzene rings is 2. The number of rotatable bonds is 13. The number of hydrogen-bond acceptors (Lipinski definition) is 9. The van der Waals surface area contributed by atoms with E-state index in [4.69, 9.17) is 5.11 Å². The first-order valence-electron chi connectivity index (χ1n) is 17.3. The number of hydrogen-bond donors (Lipinski definition) is 4. The molecule has 4 heterocycles. The highest BCUT2D eigenvalue weighted by molar-refractivity contribution is 5.95. The topological polar surface area (TPSA) is 220 Å². The Morgan fingerprint density at radius 3 is 2.54 bits per heavy atom. The summed E-state index contributed by atoms with van der Waals surface area (Å²) < 4.78 is 29.5. The molecule has 1 aromatic heterocycles. The first kappa shape index (κ1) is 37.5. The number of likely N-dealkylation sites (tertiary alicyclic amines) is 1. The second-order valence-corrected chi connectivity index (χ2v) is 13.6. The normalized spacial score (nSPS) is 19.9. The Hall–Kier alpha value is -6.25. The van der Waals surface area contributed by atoms with E-state index in [0.717, 1.165) is 27.2 Å². The van der Waals surface area contributed by atoms with Gasteiger partial charge in [0.1, 0.15) is 17.8 Å². The number of carbonyl (C=O) groups excluding carboxylic acids is 5. The summed E-state index contributed by atoms with van der Waals surface area (Å²) in [6.45, 7) is 0.434. The van der Waals surface area contributed by atoms with Crippen LogP contribution >= 0.6 is 0 Å². The molecule has 18 heteroatoms. The number of aromatic nitrogens is 3. The SMILES string of the molecule is N#C[C@@H]1CC(F)(F)CN1C(=O)[C@@H]1C[C@@H](CC(=O)N2Cc3cccc(Cn4cc(-c5ccc(C(=O)NCCNC(=O)CCC(=O)O)cc5)nn4)c3C2)C(=O)N1. The number of aliphatic carboxylic acids is 1. The molecule has 3 aliphatic heterocycles. The molecule has 0 bridgehead atoms. The van der Waals surface area contributed by atoms with Gasteiger partial charge in [-0.05, 0) is 35.2 Å². The Balaban J connectivity index is 0.995. The van der Waals surface area contributed by atoms with E-state index < -0.39 is 60.6 Å². The standard InChI is InChI=1S/C36H37F2N9O7/c37-36(38)14-26(15-39)47(20-36)35(54)28-12-25(34(53)42-28)13-31(49)45-16-23-2-1-3-24(27(23)18-45)17-46-19-29(43-44-46)21-4-6-22(7-5-21)33(52)41-11-10-40-30(48)8-9-32(50)51/h1-7,19,25-26,28H,8-14,16-18,20H2,(H,40,48)(H,41,52)(H,42,53)(H,50,51)/t25-,26-,28-/m0/s1. The zero-order valence-electron chi connectivity index (χ0n) is 29.0. The summed E-state index contributed by atoms with van der Waals surface area (Å²) in [5.41, 5.74) is 4.50. The minimum atomic E-state index is -3.18. The summed E-state index contributed by atoms with van der Waals surface area (Å²) in [5, 5.41) is 34.2. The van der Waals surface area contributed by atoms with E-state index in [0.29, 0.717) is 30.9 Å². The van der Waals surface area contributed by atoms with Gasteiger partial charge in [0.25, 0.3) is 11.8 Å². The fraction of sp³-hybridized carbons (Fsp3) is 0.417. The molecule has 0 saturated carbocycles. The number of carboxylic acids is 1. The van der Waals surface area contributed by atoms with Gasteiger partial charge in [0.15, 0.2) is 0 Å². The zero-order valence-corrected chi connectivity index (χ0v) is 29.0. The van der Waals surface area contributed by atoms with Crippen LogP contribution in [0.4, 0.5) is 8.78 Å². The molecule has 2 aromatic carbocycles. The number of nitrogens with one attached hydrogen (secondary N) is 3. The molecular formula is C36H37F2N9O7. The van der Waals surface area contributed by atoms with Crippen LogP contribution in [0.5, 0.6) is 0 Å². The number of nitriles is 1. The van der Waals surface area contributed by atoms with Crippen molar-refractivity contribution in [1.29, 1.82) is 5.26 Å². The van der Waals surface area contributed by atoms with E-state index in [1.807, 2.05) is 18.2 Å². The Morgan fingerprint density at radius 2 is 1.80 bits per heavy atom. The summed E-state index contributed by atoms with van der Waals surface area (Å²) in [6.07, 6.45) is 0.422. The highest BCUT2D eigenvalue weighted by Gasteiger charge is 2.50. The molecule has 2 fully saturated rings. The molecule has 0 aliphatic carbocycles. The lowest BCUT2D eigenvalue weighted by Crippen LogP contribution is -2.46. The summed E-state index contributed by atoms with van der Waals surface area (Å²) in [6, 6.07) is 11.8. The number of fused-ring (bicyclic) bond motifs is 1. The monoisotopic (exact) mass is 745 g/mol. The molecule has 3 aliphatic rings. The molecule has 0 unspecified atom stereocenters. The first-order valence-corrected chi connectivity index (χ1v) is 17.3. The third kappa shape index (κ3) is 8.68. The van der Waals surface area contributed by atoms with Gasteiger partial charge in [-0.25, -0.2) is 13.5 Å². The smallest absolute Gasteiger partial charge is 0.303 e. The van der Waals surface area contributed by atoms with Crippen molar-refractivity contribution >= 4 is 35.5 Å². The highest BCUT2D eigenvalue weighted by atomic mass is 19.3. The second-order valence-electron chi connectivity index (χ2n) is 13.6. The van der Waals surface area contributed by atoms with Crippen molar-refractivity contribution < 1.29 is 42.7 Å². The maximum absolute atomic E-state index is 13.9. The number of amides is 5. The van der Waals surface area contributed by atoms with Gasteiger partial charge in [-0.3, -0.25) is 28.8 Å². The molecule has 2 saturated heterocycles. The third-order valence-corrected chi connectivity index (χ3v) is 9.67. The number of halogens is 2. The molecule has 16 nitrogen and oxygen atoms in total. The quantitative estimate of drug-likeness (QED) is 0.183. The maximum atomic E-state index is 13.9. The summed E-state index contributed by atoms with van der Waals surface area (Å²) in [7, 11) is 0. The van der Waals surface area contributed by atoms with Crippen LogP contribution in [0, 0.1) is 17.2 Å². The molecule has 4 N–H and O–H groups in total. The van der Waals surface area contributed by atoms with Gasteiger partial charge in [0, 0.05) is 62.5 Å². The van der Waals surface area contributed by atoms with Crippen LogP contribution in [-0.2, 0) is 43.6 Å². The van der Waals surface area contributed by atoms with Crippen LogP contribution in [0.2, 0.25) is 0 Å². The molecule has 3 atom stereocenters. The molecular weight excluding hydrogens is 708 g/mol. The van der Waals surface area contributed by atoms with Gasteiger partial charge >= 0.3 is 5.97 Å². The van der Waals surface area contributed by atoms with E-state index in [1.165, 1.54) is 0 Å². The number of alkyl halides is 2. The van der Waals surface area contributed by atoms with Crippen LogP contribution < -0.4 is 16.0 Å². The third-order valence-electron chi connectivity index (χ3n) is 9.67. The van der Waals surface area contributed by atoms with Gasteiger partial charge < -0.3 is 30.9 Å². The van der Waals surface area contributed by atoms with Gasteiger partial charge in [0.05, 0.1) is 31.8 Å². The van der Waals surface area contributed by atoms with Crippen LogP contribution in [0.1, 0.15) is 59.2 Å². The van der Waals surface area contributed by atoms with Gasteiger partial charge in [-0.2, -0.15) is 5.26 Å². The summed E-state index contributed by atoms with van der Waals surface area (Å²) in [4.78, 5) is 76.2. The Bertz CT molecular complexity index is 2010. The first-order chi connectivity index (χ1) is 25.8. The predicted molar refractivity (Wildman–Crippen MR) is 183 cm³/mol. The fourth-order valence-corrected chi connectivity index (χ4v) is 6.86. The summed E-state index contributed by atoms with van der Waals surface area (Å²) >= 11 is 0. The molecule has 6 rings (SSSR count). The number of carboxylic acid groups (broad SMARTS) is 1.